The predicted molar refractivity (Wildman–Crippen MR) is 41.0 cm³/mol. The van der Waals surface area contributed by atoms with Crippen LogP contribution in [-0.4, -0.2) is 12.7 Å². The number of hydrogen-bond acceptors (Lipinski definition) is 1. The second-order valence-electron chi connectivity index (χ2n) is 2.33. The molecule has 0 atom stereocenters. The van der Waals surface area contributed by atoms with Gasteiger partial charge in [0.2, 0.25) is 0 Å². The molecule has 0 fully saturated rings. The van der Waals surface area contributed by atoms with E-state index in [1.165, 1.54) is 0 Å². The van der Waals surface area contributed by atoms with Crippen molar-refractivity contribution in [1.29, 1.82) is 0 Å². The Hall–Kier alpha value is -1.19. The number of rotatable bonds is 2. The van der Waals surface area contributed by atoms with Crippen LogP contribution in [0.2, 0.25) is 0 Å². The standard InChI is InChI=1S/C8H8F3N/c9-8(10,11)6-12-7-4-2-1-3-5-7/h1-5,12H,6H2. The fourth-order valence-corrected chi connectivity index (χ4v) is 0.758. The van der Waals surface area contributed by atoms with Gasteiger partial charge in [-0.3, -0.25) is 0 Å². The van der Waals surface area contributed by atoms with Crippen LogP contribution in [0.15, 0.2) is 30.3 Å². The van der Waals surface area contributed by atoms with Crippen LogP contribution in [0.25, 0.3) is 0 Å². The Balaban J connectivity index is 2.44. The number of alkyl halides is 3. The van der Waals surface area contributed by atoms with Crippen molar-refractivity contribution in [3.63, 3.8) is 0 Å². The summed E-state index contributed by atoms with van der Waals surface area (Å²) in [5, 5.41) is 2.26. The lowest BCUT2D eigenvalue weighted by Crippen LogP contribution is -2.21. The summed E-state index contributed by atoms with van der Waals surface area (Å²) in [5.74, 6) is 0. The van der Waals surface area contributed by atoms with Gasteiger partial charge < -0.3 is 5.32 Å². The zero-order chi connectivity index (χ0) is 9.03. The van der Waals surface area contributed by atoms with Gasteiger partial charge in [-0.15, -0.1) is 0 Å². The van der Waals surface area contributed by atoms with E-state index in [0.717, 1.165) is 0 Å². The van der Waals surface area contributed by atoms with E-state index in [1.807, 2.05) is 0 Å². The first-order valence-electron chi connectivity index (χ1n) is 3.43. The summed E-state index contributed by atoms with van der Waals surface area (Å²) < 4.78 is 35.0. The lowest BCUT2D eigenvalue weighted by Gasteiger charge is -2.08. The molecule has 0 aromatic heterocycles. The summed E-state index contributed by atoms with van der Waals surface area (Å²) in [7, 11) is 0. The highest BCUT2D eigenvalue weighted by atomic mass is 19.4. The quantitative estimate of drug-likeness (QED) is 0.728. The van der Waals surface area contributed by atoms with Gasteiger partial charge in [-0.1, -0.05) is 18.2 Å². The van der Waals surface area contributed by atoms with Crippen LogP contribution in [0, 0.1) is 0 Å². The Morgan fingerprint density at radius 1 is 1.08 bits per heavy atom. The third-order valence-corrected chi connectivity index (χ3v) is 1.27. The third-order valence-electron chi connectivity index (χ3n) is 1.27. The predicted octanol–water partition coefficient (Wildman–Crippen LogP) is 2.66. The highest BCUT2D eigenvalue weighted by Gasteiger charge is 2.26. The summed E-state index contributed by atoms with van der Waals surface area (Å²) in [6, 6.07) is 8.29. The van der Waals surface area contributed by atoms with Crippen LogP contribution in [0.4, 0.5) is 18.9 Å². The Labute approximate surface area is 68.2 Å². The van der Waals surface area contributed by atoms with E-state index in [2.05, 4.69) is 5.32 Å². The van der Waals surface area contributed by atoms with E-state index in [9.17, 15) is 13.2 Å². The molecular formula is C8H8F3N. The molecule has 0 unspecified atom stereocenters. The van der Waals surface area contributed by atoms with Gasteiger partial charge in [-0.05, 0) is 12.1 Å². The molecule has 0 saturated heterocycles. The van der Waals surface area contributed by atoms with Crippen LogP contribution >= 0.6 is 0 Å². The molecule has 0 aliphatic heterocycles. The molecule has 1 aromatic carbocycles. The number of benzene rings is 1. The fourth-order valence-electron chi connectivity index (χ4n) is 0.758. The Kier molecular flexibility index (Phi) is 2.58. The van der Waals surface area contributed by atoms with E-state index < -0.39 is 12.7 Å². The normalized spacial score (nSPS) is 11.2. The van der Waals surface area contributed by atoms with Gasteiger partial charge >= 0.3 is 6.18 Å². The second kappa shape index (κ2) is 3.47. The van der Waals surface area contributed by atoms with Crippen molar-refractivity contribution in [2.24, 2.45) is 0 Å². The van der Waals surface area contributed by atoms with Crippen molar-refractivity contribution >= 4 is 5.69 Å². The monoisotopic (exact) mass is 175 g/mol. The fraction of sp³-hybridized carbons (Fsp3) is 0.250. The molecule has 4 heteroatoms. The Bertz CT molecular complexity index is 230. The summed E-state index contributed by atoms with van der Waals surface area (Å²) in [6.07, 6.45) is -4.16. The van der Waals surface area contributed by atoms with E-state index in [0.29, 0.717) is 5.69 Å². The summed E-state index contributed by atoms with van der Waals surface area (Å²) in [4.78, 5) is 0. The van der Waals surface area contributed by atoms with Crippen LogP contribution in [0.5, 0.6) is 0 Å². The molecular weight excluding hydrogens is 167 g/mol. The minimum atomic E-state index is -4.16. The van der Waals surface area contributed by atoms with E-state index in [-0.39, 0.29) is 0 Å². The molecule has 0 saturated carbocycles. The maximum absolute atomic E-state index is 11.7. The molecule has 1 rings (SSSR count). The number of halogens is 3. The maximum Gasteiger partial charge on any atom is 0.405 e. The SMILES string of the molecule is FC(F)(F)CNc1ccccc1. The summed E-state index contributed by atoms with van der Waals surface area (Å²) in [5.41, 5.74) is 0.481. The van der Waals surface area contributed by atoms with Crippen LogP contribution < -0.4 is 5.32 Å². The van der Waals surface area contributed by atoms with Gasteiger partial charge in [-0.2, -0.15) is 13.2 Å². The van der Waals surface area contributed by atoms with Gasteiger partial charge in [0, 0.05) is 5.69 Å². The van der Waals surface area contributed by atoms with E-state index >= 15 is 0 Å². The lowest BCUT2D eigenvalue weighted by atomic mass is 10.3. The van der Waals surface area contributed by atoms with Gasteiger partial charge in [0.05, 0.1) is 0 Å². The molecule has 0 aliphatic rings. The number of hydrogen-bond donors (Lipinski definition) is 1. The molecule has 0 heterocycles. The van der Waals surface area contributed by atoms with E-state index in [4.69, 9.17) is 0 Å². The minimum Gasteiger partial charge on any atom is -0.376 e. The lowest BCUT2D eigenvalue weighted by molar-refractivity contribution is -0.115. The topological polar surface area (TPSA) is 12.0 Å². The van der Waals surface area contributed by atoms with Crippen LogP contribution in [0.3, 0.4) is 0 Å². The van der Waals surface area contributed by atoms with E-state index in [1.54, 1.807) is 30.3 Å². The molecule has 0 radical (unpaired) electrons. The highest BCUT2D eigenvalue weighted by Crippen LogP contribution is 2.15. The van der Waals surface area contributed by atoms with Crippen molar-refractivity contribution in [3.05, 3.63) is 30.3 Å². The molecule has 1 nitrogen and oxygen atoms in total. The van der Waals surface area contributed by atoms with Crippen molar-refractivity contribution < 1.29 is 13.2 Å². The van der Waals surface area contributed by atoms with Crippen LogP contribution in [-0.2, 0) is 0 Å². The highest BCUT2D eigenvalue weighted by molar-refractivity contribution is 5.42. The first-order valence-corrected chi connectivity index (χ1v) is 3.43. The zero-order valence-corrected chi connectivity index (χ0v) is 6.23. The van der Waals surface area contributed by atoms with Gasteiger partial charge in [0.25, 0.3) is 0 Å². The zero-order valence-electron chi connectivity index (χ0n) is 6.23. The average Bonchev–Trinajstić information content (AvgIpc) is 2.02. The number of para-hydroxylation sites is 1. The average molecular weight is 175 g/mol. The summed E-state index contributed by atoms with van der Waals surface area (Å²) in [6.45, 7) is -0.989. The Morgan fingerprint density at radius 2 is 1.67 bits per heavy atom. The Morgan fingerprint density at radius 3 is 2.17 bits per heavy atom. The molecule has 1 N–H and O–H groups in total. The molecule has 0 spiro atoms. The van der Waals surface area contributed by atoms with Gasteiger partial charge in [0.1, 0.15) is 6.54 Å². The largest absolute Gasteiger partial charge is 0.405 e. The van der Waals surface area contributed by atoms with Gasteiger partial charge in [-0.25, -0.2) is 0 Å². The first kappa shape index (κ1) is 8.90. The first-order chi connectivity index (χ1) is 5.58. The third kappa shape index (κ3) is 3.27. The van der Waals surface area contributed by atoms with Crippen molar-refractivity contribution in [2.45, 2.75) is 6.18 Å². The smallest absolute Gasteiger partial charge is 0.376 e. The molecule has 0 bridgehead atoms. The minimum absolute atomic E-state index is 0.481. The second-order valence-corrected chi connectivity index (χ2v) is 2.33. The molecule has 12 heavy (non-hydrogen) atoms. The van der Waals surface area contributed by atoms with Crippen molar-refractivity contribution in [1.82, 2.24) is 0 Å². The van der Waals surface area contributed by atoms with Crippen LogP contribution in [0.1, 0.15) is 0 Å². The molecule has 1 aromatic rings. The van der Waals surface area contributed by atoms with Gasteiger partial charge in [0.15, 0.2) is 0 Å². The number of anilines is 1. The number of nitrogens with one attached hydrogen (secondary N) is 1. The molecule has 0 aliphatic carbocycles. The maximum atomic E-state index is 11.7. The van der Waals surface area contributed by atoms with Crippen molar-refractivity contribution in [3.8, 4) is 0 Å². The molecule has 0 amide bonds. The van der Waals surface area contributed by atoms with Crippen molar-refractivity contribution in [2.75, 3.05) is 11.9 Å². The molecule has 66 valence electrons. The summed E-state index contributed by atoms with van der Waals surface area (Å²) >= 11 is 0.